The van der Waals surface area contributed by atoms with E-state index >= 15 is 0 Å². The van der Waals surface area contributed by atoms with Crippen molar-refractivity contribution in [3.8, 4) is 0 Å². The Labute approximate surface area is 123 Å². The van der Waals surface area contributed by atoms with Gasteiger partial charge in [-0.1, -0.05) is 0 Å². The van der Waals surface area contributed by atoms with E-state index in [-0.39, 0.29) is 10.6 Å². The van der Waals surface area contributed by atoms with E-state index in [4.69, 9.17) is 0 Å². The van der Waals surface area contributed by atoms with Crippen LogP contribution in [0, 0.1) is 28.9 Å². The van der Waals surface area contributed by atoms with Gasteiger partial charge in [0.05, 0.1) is 9.82 Å². The number of nitrogens with zero attached hydrogens (tertiary/aromatic N) is 2. The monoisotopic (exact) mass is 311 g/mol. The molecular weight excluding hydrogens is 294 g/mol. The third-order valence-corrected chi connectivity index (χ3v) is 6.34. The van der Waals surface area contributed by atoms with E-state index in [0.717, 1.165) is 13.1 Å². The summed E-state index contributed by atoms with van der Waals surface area (Å²) >= 11 is 0. The normalized spacial score (nSPS) is 26.0. The number of nitrogens with one attached hydrogen (secondary N) is 1. The molecule has 2 saturated heterocycles. The highest BCUT2D eigenvalue weighted by Crippen LogP contribution is 2.32. The molecule has 3 rings (SSSR count). The molecule has 0 radical (unpaired) electrons. The fourth-order valence-electron chi connectivity index (χ4n) is 3.18. The first-order chi connectivity index (χ1) is 9.89. The molecule has 0 aliphatic carbocycles. The molecule has 1 aromatic rings. The van der Waals surface area contributed by atoms with Crippen molar-refractivity contribution < 1.29 is 13.3 Å². The van der Waals surface area contributed by atoms with Gasteiger partial charge in [-0.25, -0.2) is 8.42 Å². The van der Waals surface area contributed by atoms with Crippen LogP contribution < -0.4 is 5.32 Å². The van der Waals surface area contributed by atoms with Crippen LogP contribution in [0.1, 0.15) is 5.56 Å². The van der Waals surface area contributed by atoms with Crippen LogP contribution in [0.3, 0.4) is 0 Å². The van der Waals surface area contributed by atoms with E-state index in [1.165, 1.54) is 22.5 Å². The zero-order chi connectivity index (χ0) is 15.2. The van der Waals surface area contributed by atoms with E-state index in [0.29, 0.717) is 30.5 Å². The van der Waals surface area contributed by atoms with Crippen molar-refractivity contribution in [2.75, 3.05) is 26.2 Å². The molecule has 2 aliphatic rings. The predicted molar refractivity (Wildman–Crippen MR) is 76.4 cm³/mol. The van der Waals surface area contributed by atoms with Gasteiger partial charge in [-0.05, 0) is 43.5 Å². The first kappa shape index (κ1) is 14.4. The number of hydrogen-bond donors (Lipinski definition) is 1. The fraction of sp³-hybridized carbons (Fsp3) is 0.538. The Hall–Kier alpha value is -1.51. The highest BCUT2D eigenvalue weighted by molar-refractivity contribution is 7.89. The molecule has 0 spiro atoms. The van der Waals surface area contributed by atoms with Crippen molar-refractivity contribution in [2.24, 2.45) is 11.8 Å². The number of sulfonamides is 1. The van der Waals surface area contributed by atoms with Gasteiger partial charge in [0.1, 0.15) is 0 Å². The molecule has 21 heavy (non-hydrogen) atoms. The maximum absolute atomic E-state index is 12.7. The topological polar surface area (TPSA) is 92.5 Å². The fourth-order valence-corrected chi connectivity index (χ4v) is 4.94. The van der Waals surface area contributed by atoms with Crippen molar-refractivity contribution in [1.29, 1.82) is 0 Å². The molecule has 2 fully saturated rings. The molecule has 1 aromatic carbocycles. The lowest BCUT2D eigenvalue weighted by Gasteiger charge is -2.18. The Kier molecular flexibility index (Phi) is 3.46. The third kappa shape index (κ3) is 2.43. The van der Waals surface area contributed by atoms with Crippen LogP contribution in [0.5, 0.6) is 0 Å². The molecule has 7 nitrogen and oxygen atoms in total. The lowest BCUT2D eigenvalue weighted by molar-refractivity contribution is -0.385. The first-order valence-corrected chi connectivity index (χ1v) is 8.29. The second-order valence-corrected chi connectivity index (χ2v) is 7.61. The zero-order valence-electron chi connectivity index (χ0n) is 11.7. The summed E-state index contributed by atoms with van der Waals surface area (Å²) in [5.74, 6) is 0.747. The SMILES string of the molecule is Cc1cc([N+](=O)[O-])ccc1S(=O)(=O)N1C[C@H]2CNC[C@H]2C1. The van der Waals surface area contributed by atoms with Crippen LogP contribution >= 0.6 is 0 Å². The van der Waals surface area contributed by atoms with Crippen LogP contribution in [0.2, 0.25) is 0 Å². The van der Waals surface area contributed by atoms with Crippen molar-refractivity contribution in [1.82, 2.24) is 9.62 Å². The Bertz CT molecular complexity index is 677. The van der Waals surface area contributed by atoms with Crippen LogP contribution in [0.25, 0.3) is 0 Å². The van der Waals surface area contributed by atoms with Gasteiger partial charge >= 0.3 is 0 Å². The number of nitro groups is 1. The molecular formula is C13H17N3O4S. The smallest absolute Gasteiger partial charge is 0.269 e. The van der Waals surface area contributed by atoms with Crippen LogP contribution in [-0.2, 0) is 10.0 Å². The minimum Gasteiger partial charge on any atom is -0.316 e. The van der Waals surface area contributed by atoms with E-state index in [9.17, 15) is 18.5 Å². The Balaban J connectivity index is 1.90. The number of hydrogen-bond acceptors (Lipinski definition) is 5. The number of rotatable bonds is 3. The van der Waals surface area contributed by atoms with E-state index in [1.807, 2.05) is 0 Å². The number of aryl methyl sites for hydroxylation is 1. The lowest BCUT2D eigenvalue weighted by atomic mass is 10.0. The van der Waals surface area contributed by atoms with Crippen LogP contribution in [-0.4, -0.2) is 43.8 Å². The largest absolute Gasteiger partial charge is 0.316 e. The van der Waals surface area contributed by atoms with Gasteiger partial charge < -0.3 is 5.32 Å². The summed E-state index contributed by atoms with van der Waals surface area (Å²) in [6.45, 7) is 4.36. The Morgan fingerprint density at radius 3 is 2.43 bits per heavy atom. The van der Waals surface area contributed by atoms with Gasteiger partial charge in [0.15, 0.2) is 0 Å². The molecule has 2 aliphatic heterocycles. The average Bonchev–Trinajstić information content (AvgIpc) is 2.98. The second kappa shape index (κ2) is 5.04. The number of nitro benzene ring substituents is 1. The molecule has 8 heteroatoms. The van der Waals surface area contributed by atoms with Crippen LogP contribution in [0.15, 0.2) is 23.1 Å². The van der Waals surface area contributed by atoms with Gasteiger partial charge in [-0.2, -0.15) is 4.31 Å². The van der Waals surface area contributed by atoms with Crippen LogP contribution in [0.4, 0.5) is 5.69 Å². The maximum atomic E-state index is 12.7. The van der Waals surface area contributed by atoms with Gasteiger partial charge in [0.25, 0.3) is 5.69 Å². The predicted octanol–water partition coefficient (Wildman–Crippen LogP) is 0.743. The standard InChI is InChI=1S/C13H17N3O4S/c1-9-4-12(16(17)18)2-3-13(9)21(19,20)15-7-10-5-14-6-11(10)8-15/h2-4,10-11,14H,5-8H2,1H3/t10-,11+. The highest BCUT2D eigenvalue weighted by atomic mass is 32.2. The summed E-state index contributed by atoms with van der Waals surface area (Å²) in [6.07, 6.45) is 0. The summed E-state index contributed by atoms with van der Waals surface area (Å²) in [5, 5.41) is 14.0. The van der Waals surface area contributed by atoms with Gasteiger partial charge in [0, 0.05) is 25.2 Å². The van der Waals surface area contributed by atoms with E-state index < -0.39 is 14.9 Å². The molecule has 0 amide bonds. The second-order valence-electron chi connectivity index (χ2n) is 5.71. The Morgan fingerprint density at radius 2 is 1.90 bits per heavy atom. The van der Waals surface area contributed by atoms with Gasteiger partial charge in [-0.15, -0.1) is 0 Å². The van der Waals surface area contributed by atoms with Crippen molar-refractivity contribution in [3.63, 3.8) is 0 Å². The highest BCUT2D eigenvalue weighted by Gasteiger charge is 2.41. The molecule has 0 unspecified atom stereocenters. The summed E-state index contributed by atoms with van der Waals surface area (Å²) < 4.78 is 26.9. The number of benzene rings is 1. The summed E-state index contributed by atoms with van der Waals surface area (Å²) in [4.78, 5) is 10.4. The van der Waals surface area contributed by atoms with E-state index in [2.05, 4.69) is 5.32 Å². The minimum atomic E-state index is -3.57. The zero-order valence-corrected chi connectivity index (χ0v) is 12.5. The summed E-state index contributed by atoms with van der Waals surface area (Å²) in [6, 6.07) is 3.90. The Morgan fingerprint density at radius 1 is 1.29 bits per heavy atom. The number of fused-ring (bicyclic) bond motifs is 1. The third-order valence-electron chi connectivity index (χ3n) is 4.34. The molecule has 114 valence electrons. The molecule has 0 aromatic heterocycles. The minimum absolute atomic E-state index is 0.0889. The molecule has 0 bridgehead atoms. The quantitative estimate of drug-likeness (QED) is 0.656. The molecule has 1 N–H and O–H groups in total. The van der Waals surface area contributed by atoms with Gasteiger partial charge in [0.2, 0.25) is 10.0 Å². The molecule has 2 heterocycles. The maximum Gasteiger partial charge on any atom is 0.269 e. The van der Waals surface area contributed by atoms with E-state index in [1.54, 1.807) is 6.92 Å². The summed E-state index contributed by atoms with van der Waals surface area (Å²) in [5.41, 5.74) is 0.327. The van der Waals surface area contributed by atoms with Gasteiger partial charge in [-0.3, -0.25) is 10.1 Å². The lowest BCUT2D eigenvalue weighted by Crippen LogP contribution is -2.32. The van der Waals surface area contributed by atoms with Crippen molar-refractivity contribution in [3.05, 3.63) is 33.9 Å². The molecule has 2 atom stereocenters. The summed E-state index contributed by atoms with van der Waals surface area (Å²) in [7, 11) is -3.57. The van der Waals surface area contributed by atoms with Crippen molar-refractivity contribution >= 4 is 15.7 Å². The number of non-ortho nitro benzene ring substituents is 1. The first-order valence-electron chi connectivity index (χ1n) is 6.85. The van der Waals surface area contributed by atoms with Crippen molar-refractivity contribution in [2.45, 2.75) is 11.8 Å². The average molecular weight is 311 g/mol. The molecule has 0 saturated carbocycles.